The summed E-state index contributed by atoms with van der Waals surface area (Å²) in [6, 6.07) is 5.64. The number of aromatic hydroxyl groups is 1. The number of rotatable bonds is 42. The summed E-state index contributed by atoms with van der Waals surface area (Å²) < 4.78 is 28.1. The molecule has 4 rings (SSSR count). The molecule has 6 amide bonds. The molecule has 24 heteroatoms. The van der Waals surface area contributed by atoms with Gasteiger partial charge in [0, 0.05) is 87.5 Å². The molecule has 2 fully saturated rings. The Kier molecular flexibility index (Phi) is 32.8. The number of alkyl carbamates (subject to hydrolysis) is 1. The zero-order valence-corrected chi connectivity index (χ0v) is 52.2. The van der Waals surface area contributed by atoms with Crippen LogP contribution in [0, 0.1) is 23.7 Å². The van der Waals surface area contributed by atoms with Gasteiger partial charge in [-0.1, -0.05) is 73.4 Å². The van der Waals surface area contributed by atoms with E-state index in [1.54, 1.807) is 36.6 Å². The fraction of sp³-hybridized carbons (Fsp3) is 0.705. The third kappa shape index (κ3) is 25.5. The summed E-state index contributed by atoms with van der Waals surface area (Å²) in [6.45, 7) is 17.2. The average molecular weight is 1210 g/mol. The number of hydroxylamine groups is 2. The molecule has 4 N–H and O–H groups in total. The van der Waals surface area contributed by atoms with Crippen LogP contribution in [0.15, 0.2) is 29.6 Å². The summed E-state index contributed by atoms with van der Waals surface area (Å²) in [4.78, 5) is 130. The number of hydrogen-bond acceptors (Lipinski definition) is 19. The maximum atomic E-state index is 14.9. The van der Waals surface area contributed by atoms with Crippen LogP contribution in [0.4, 0.5) is 4.79 Å². The maximum absolute atomic E-state index is 14.9. The van der Waals surface area contributed by atoms with Crippen molar-refractivity contribution in [3.05, 3.63) is 45.9 Å². The highest BCUT2D eigenvalue weighted by atomic mass is 32.1. The van der Waals surface area contributed by atoms with E-state index in [1.807, 2.05) is 18.9 Å². The van der Waals surface area contributed by atoms with E-state index in [0.29, 0.717) is 36.1 Å². The zero-order valence-electron chi connectivity index (χ0n) is 51.4. The number of aromatic nitrogens is 1. The van der Waals surface area contributed by atoms with E-state index >= 15 is 0 Å². The Morgan fingerprint density at radius 2 is 1.49 bits per heavy atom. The number of likely N-dealkylation sites (tertiary alicyclic amines) is 1. The van der Waals surface area contributed by atoms with Crippen molar-refractivity contribution in [3.63, 3.8) is 0 Å². The summed E-state index contributed by atoms with van der Waals surface area (Å²) in [5, 5.41) is 21.0. The number of carbonyl (C=O) groups excluding carboxylic acids is 9. The minimum Gasteiger partial charge on any atom is -0.508 e. The fourth-order valence-corrected chi connectivity index (χ4v) is 11.0. The predicted octanol–water partition coefficient (Wildman–Crippen LogP) is 6.68. The van der Waals surface area contributed by atoms with Crippen LogP contribution in [0.1, 0.15) is 166 Å². The molecule has 2 aromatic rings. The van der Waals surface area contributed by atoms with Gasteiger partial charge < -0.3 is 54.5 Å². The Balaban J connectivity index is 1.21. The number of thiazole rings is 1. The van der Waals surface area contributed by atoms with Crippen molar-refractivity contribution in [1.82, 2.24) is 35.8 Å². The number of nitrogens with zero attached hydrogens (tertiary/aromatic N) is 4. The summed E-state index contributed by atoms with van der Waals surface area (Å²) in [6.07, 6.45) is 5.14. The predicted molar refractivity (Wildman–Crippen MR) is 317 cm³/mol. The molecule has 85 heavy (non-hydrogen) atoms. The molecule has 1 aromatic heterocycles. The Labute approximate surface area is 505 Å². The Bertz CT molecular complexity index is 2410. The van der Waals surface area contributed by atoms with Crippen molar-refractivity contribution in [3.8, 4) is 5.75 Å². The standard InChI is InChI=1S/C61H95N7O16S/c1-9-25-67(60(77)47(42(6)11-3)37-51(70)49-15-12-13-26-66(49)8)50(41(4)5)38-53(82-27-10-2)59-65-48(40-85-59)58(76)64-45(36-44-18-20-46(69)21-19-44)35-43(7)52(71)39-63-61(78)83-34-33-81-32-31-80-30-29-79-28-24-62-54(72)16-14-17-57(75)84-68-55(73)22-23-56(68)74/h18-21,40-43,45,47,49-50,53,69H,9-17,22-39H2,1-8H3,(H,62,72)(H,63,78)(H,64,76)/t42-,43-,45+,47-,49+,50+,53+/m0/s1. The van der Waals surface area contributed by atoms with Gasteiger partial charge in [0.2, 0.25) is 11.8 Å². The van der Waals surface area contributed by atoms with Crippen LogP contribution in [-0.2, 0) is 68.5 Å². The van der Waals surface area contributed by atoms with Crippen LogP contribution >= 0.6 is 11.3 Å². The summed E-state index contributed by atoms with van der Waals surface area (Å²) >= 11 is 1.31. The molecule has 0 unspecified atom stereocenters. The van der Waals surface area contributed by atoms with Crippen LogP contribution in [0.5, 0.6) is 5.75 Å². The zero-order chi connectivity index (χ0) is 62.3. The lowest BCUT2D eigenvalue weighted by Gasteiger charge is -2.40. The Morgan fingerprint density at radius 3 is 2.13 bits per heavy atom. The van der Waals surface area contributed by atoms with Crippen LogP contribution in [0.2, 0.25) is 0 Å². The van der Waals surface area contributed by atoms with Crippen LogP contribution < -0.4 is 16.0 Å². The molecule has 23 nitrogen and oxygen atoms in total. The largest absolute Gasteiger partial charge is 0.508 e. The second-order valence-electron chi connectivity index (χ2n) is 22.4. The first-order valence-corrected chi connectivity index (χ1v) is 31.3. The molecule has 2 saturated heterocycles. The van der Waals surface area contributed by atoms with Gasteiger partial charge in [0.05, 0.1) is 52.2 Å². The van der Waals surface area contributed by atoms with E-state index in [1.165, 1.54) is 11.3 Å². The third-order valence-electron chi connectivity index (χ3n) is 15.2. The number of imide groups is 1. The molecular formula is C61H95N7O16S. The number of piperidine rings is 1. The lowest BCUT2D eigenvalue weighted by molar-refractivity contribution is -0.197. The number of amides is 6. The quantitative estimate of drug-likeness (QED) is 0.0398. The van der Waals surface area contributed by atoms with Crippen molar-refractivity contribution < 1.29 is 76.8 Å². The average Bonchev–Trinajstić information content (AvgIpc) is 4.17. The topological polar surface area (TPSA) is 288 Å². The number of hydrogen-bond donors (Lipinski definition) is 4. The molecule has 476 valence electrons. The first-order chi connectivity index (χ1) is 40.8. The van der Waals surface area contributed by atoms with Crippen molar-refractivity contribution in [2.45, 2.75) is 169 Å². The molecule has 7 atom stereocenters. The van der Waals surface area contributed by atoms with E-state index in [2.05, 4.69) is 55.5 Å². The van der Waals surface area contributed by atoms with Crippen molar-refractivity contribution in [1.29, 1.82) is 0 Å². The van der Waals surface area contributed by atoms with Crippen LogP contribution in [0.3, 0.4) is 0 Å². The highest BCUT2D eigenvalue weighted by Crippen LogP contribution is 2.34. The number of ketones is 2. The lowest BCUT2D eigenvalue weighted by Crippen LogP contribution is -2.50. The molecule has 2 aliphatic heterocycles. The van der Waals surface area contributed by atoms with Gasteiger partial charge in [-0.15, -0.1) is 16.4 Å². The number of phenols is 1. The number of benzene rings is 1. The first kappa shape index (κ1) is 71.6. The van der Waals surface area contributed by atoms with Gasteiger partial charge in [-0.25, -0.2) is 14.6 Å². The number of nitrogens with one attached hydrogen (secondary N) is 3. The van der Waals surface area contributed by atoms with Crippen molar-refractivity contribution in [2.24, 2.45) is 23.7 Å². The molecular weight excluding hydrogens is 1120 g/mol. The second kappa shape index (κ2) is 39.0. The number of likely N-dealkylation sites (N-methyl/N-ethyl adjacent to an activating group) is 1. The molecule has 3 heterocycles. The molecule has 2 aliphatic rings. The smallest absolute Gasteiger partial charge is 0.407 e. The molecule has 0 spiro atoms. The monoisotopic (exact) mass is 1210 g/mol. The number of phenolic OH excluding ortho intramolecular Hbond substituents is 1. The van der Waals surface area contributed by atoms with E-state index in [9.17, 15) is 48.3 Å². The first-order valence-electron chi connectivity index (χ1n) is 30.4. The van der Waals surface area contributed by atoms with E-state index in [0.717, 1.165) is 50.6 Å². The fourth-order valence-electron chi connectivity index (χ4n) is 10.2. The number of carbonyl (C=O) groups is 9. The summed E-state index contributed by atoms with van der Waals surface area (Å²) in [7, 11) is 2.00. The SMILES string of the molecule is CCCO[C@H](C[C@H](C(C)C)N(CCC)C(=O)[C@@H](CC(=O)[C@H]1CCCCN1C)[C@@H](C)CC)c1nc(C(=O)N[C@@H](Cc2ccc(O)cc2)C[C@H](C)C(=O)CNC(=O)OCCOCCOCCOCCNC(=O)CCCC(=O)ON2C(=O)CCC2=O)cs1. The van der Waals surface area contributed by atoms with Gasteiger partial charge in [-0.2, -0.15) is 0 Å². The Morgan fingerprint density at radius 1 is 0.824 bits per heavy atom. The van der Waals surface area contributed by atoms with Crippen molar-refractivity contribution in [2.75, 3.05) is 86.1 Å². The minimum absolute atomic E-state index is 0.00284. The highest BCUT2D eigenvalue weighted by Gasteiger charge is 2.39. The normalized spacial score (nSPS) is 16.7. The second-order valence-corrected chi connectivity index (χ2v) is 23.3. The van der Waals surface area contributed by atoms with Gasteiger partial charge in [0.1, 0.15) is 29.2 Å². The maximum Gasteiger partial charge on any atom is 0.407 e. The number of ether oxygens (including phenoxy) is 5. The lowest BCUT2D eigenvalue weighted by atomic mass is 9.82. The Hall–Kier alpha value is -5.92. The summed E-state index contributed by atoms with van der Waals surface area (Å²) in [5.41, 5.74) is 1.000. The van der Waals surface area contributed by atoms with Gasteiger partial charge in [0.25, 0.3) is 17.7 Å². The minimum atomic E-state index is -0.799. The number of Topliss-reactive ketones (excluding diaryl/α,β-unsaturated/α-hetero) is 2. The molecule has 0 bridgehead atoms. The third-order valence-corrected chi connectivity index (χ3v) is 16.2. The van der Waals surface area contributed by atoms with E-state index in [4.69, 9.17) is 33.5 Å². The molecule has 0 radical (unpaired) electrons. The van der Waals surface area contributed by atoms with Gasteiger partial charge >= 0.3 is 12.1 Å². The van der Waals surface area contributed by atoms with Crippen LogP contribution in [-0.4, -0.2) is 182 Å². The summed E-state index contributed by atoms with van der Waals surface area (Å²) in [5.74, 6) is -3.69. The van der Waals surface area contributed by atoms with Gasteiger partial charge in [-0.3, -0.25) is 38.5 Å². The highest BCUT2D eigenvalue weighted by molar-refractivity contribution is 7.09. The van der Waals surface area contributed by atoms with Crippen molar-refractivity contribution >= 4 is 64.5 Å². The van der Waals surface area contributed by atoms with Gasteiger partial charge in [0.15, 0.2) is 11.6 Å². The van der Waals surface area contributed by atoms with E-state index in [-0.39, 0.29) is 163 Å². The molecule has 0 aliphatic carbocycles. The van der Waals surface area contributed by atoms with E-state index < -0.39 is 53.8 Å². The molecule has 1 aromatic carbocycles. The van der Waals surface area contributed by atoms with Crippen LogP contribution in [0.25, 0.3) is 0 Å². The molecule has 0 saturated carbocycles. The van der Waals surface area contributed by atoms with Gasteiger partial charge in [-0.05, 0) is 88.1 Å².